The van der Waals surface area contributed by atoms with Crippen molar-refractivity contribution in [2.45, 2.75) is 20.0 Å². The highest BCUT2D eigenvalue weighted by Crippen LogP contribution is 2.29. The molecule has 2 heterocycles. The van der Waals surface area contributed by atoms with Crippen LogP contribution in [0.2, 0.25) is 0 Å². The van der Waals surface area contributed by atoms with Gasteiger partial charge in [0.2, 0.25) is 5.91 Å². The van der Waals surface area contributed by atoms with E-state index in [-0.39, 0.29) is 18.4 Å². The van der Waals surface area contributed by atoms with Crippen molar-refractivity contribution in [1.29, 1.82) is 0 Å². The lowest BCUT2D eigenvalue weighted by Crippen LogP contribution is -2.51. The Kier molecular flexibility index (Phi) is 6.28. The molecule has 0 radical (unpaired) electrons. The van der Waals surface area contributed by atoms with Gasteiger partial charge in [-0.3, -0.25) is 9.59 Å². The van der Waals surface area contributed by atoms with Crippen molar-refractivity contribution in [1.82, 2.24) is 15.2 Å². The van der Waals surface area contributed by atoms with Gasteiger partial charge in [-0.15, -0.1) is 0 Å². The van der Waals surface area contributed by atoms with E-state index in [0.29, 0.717) is 37.6 Å². The number of hydrogen-bond acceptors (Lipinski definition) is 4. The molecular weight excluding hydrogens is 397 g/mol. The molecule has 0 saturated carbocycles. The van der Waals surface area contributed by atoms with Gasteiger partial charge in [-0.1, -0.05) is 17.2 Å². The first-order chi connectivity index (χ1) is 14.1. The van der Waals surface area contributed by atoms with E-state index in [1.807, 2.05) is 24.8 Å². The molecule has 30 heavy (non-hydrogen) atoms. The van der Waals surface area contributed by atoms with Crippen molar-refractivity contribution in [3.05, 3.63) is 58.8 Å². The number of carbonyl (C=O) groups excluding carboxylic acids is 2. The topological polar surface area (TPSA) is 65.5 Å². The molecular formula is C21H23F3N4O2. The Labute approximate surface area is 172 Å². The zero-order valence-corrected chi connectivity index (χ0v) is 16.8. The van der Waals surface area contributed by atoms with Crippen LogP contribution in [0.4, 0.5) is 19.0 Å². The van der Waals surface area contributed by atoms with E-state index in [9.17, 15) is 22.8 Å². The Morgan fingerprint density at radius 3 is 2.20 bits per heavy atom. The second kappa shape index (κ2) is 8.73. The monoisotopic (exact) mass is 420 g/mol. The first kappa shape index (κ1) is 21.6. The summed E-state index contributed by atoms with van der Waals surface area (Å²) in [5, 5.41) is 2.65. The number of carbonyl (C=O) groups is 2. The zero-order chi connectivity index (χ0) is 21.9. The number of aryl methyl sites for hydroxylation is 2. The van der Waals surface area contributed by atoms with Gasteiger partial charge >= 0.3 is 6.18 Å². The van der Waals surface area contributed by atoms with Gasteiger partial charge in [0.25, 0.3) is 5.91 Å². The highest BCUT2D eigenvalue weighted by atomic mass is 19.4. The molecule has 0 atom stereocenters. The molecule has 1 fully saturated rings. The lowest BCUT2D eigenvalue weighted by atomic mass is 10.1. The Bertz CT molecular complexity index is 901. The molecule has 0 bridgehead atoms. The Morgan fingerprint density at radius 1 is 1.03 bits per heavy atom. The molecule has 1 aliphatic heterocycles. The minimum atomic E-state index is -4.42. The van der Waals surface area contributed by atoms with Crippen molar-refractivity contribution in [3.63, 3.8) is 0 Å². The van der Waals surface area contributed by atoms with Crippen LogP contribution in [0, 0.1) is 13.8 Å². The number of pyridine rings is 1. The molecule has 0 unspecified atom stereocenters. The first-order valence-electron chi connectivity index (χ1n) is 9.56. The average Bonchev–Trinajstić information content (AvgIpc) is 2.70. The lowest BCUT2D eigenvalue weighted by molar-refractivity contribution is -0.137. The summed E-state index contributed by atoms with van der Waals surface area (Å²) in [6.07, 6.45) is -3.60. The minimum Gasteiger partial charge on any atom is -0.353 e. The van der Waals surface area contributed by atoms with Crippen molar-refractivity contribution in [2.75, 3.05) is 37.6 Å². The summed E-state index contributed by atoms with van der Waals surface area (Å²) in [5.41, 5.74) is 1.66. The maximum absolute atomic E-state index is 12.7. The lowest BCUT2D eigenvalue weighted by Gasteiger charge is -2.35. The number of aromatic nitrogens is 1. The van der Waals surface area contributed by atoms with E-state index in [1.54, 1.807) is 17.0 Å². The SMILES string of the molecule is Cc1cc(C)cc(C(=O)NCC(=O)N2CCN(c3ccc(C(F)(F)F)cn3)CC2)c1. The van der Waals surface area contributed by atoms with Crippen LogP contribution in [0.15, 0.2) is 36.5 Å². The van der Waals surface area contributed by atoms with Crippen molar-refractivity contribution in [2.24, 2.45) is 0 Å². The molecule has 3 rings (SSSR count). The van der Waals surface area contributed by atoms with Gasteiger partial charge in [-0.2, -0.15) is 13.2 Å². The Balaban J connectivity index is 1.50. The summed E-state index contributed by atoms with van der Waals surface area (Å²) in [4.78, 5) is 32.1. The number of rotatable bonds is 4. The minimum absolute atomic E-state index is 0.107. The van der Waals surface area contributed by atoms with E-state index in [4.69, 9.17) is 0 Å². The molecule has 2 aromatic rings. The van der Waals surface area contributed by atoms with E-state index in [0.717, 1.165) is 23.4 Å². The number of anilines is 1. The average molecular weight is 420 g/mol. The fraction of sp³-hybridized carbons (Fsp3) is 0.381. The fourth-order valence-electron chi connectivity index (χ4n) is 3.40. The number of piperazine rings is 1. The molecule has 160 valence electrons. The second-order valence-corrected chi connectivity index (χ2v) is 7.33. The number of benzene rings is 1. The van der Waals surface area contributed by atoms with Crippen molar-refractivity contribution >= 4 is 17.6 Å². The highest BCUT2D eigenvalue weighted by molar-refractivity contribution is 5.96. The molecule has 1 aliphatic rings. The summed E-state index contributed by atoms with van der Waals surface area (Å²) in [5.74, 6) is -0.0614. The molecule has 1 saturated heterocycles. The molecule has 1 aromatic carbocycles. The van der Waals surface area contributed by atoms with Crippen LogP contribution in [-0.4, -0.2) is 54.4 Å². The smallest absolute Gasteiger partial charge is 0.353 e. The predicted molar refractivity (Wildman–Crippen MR) is 106 cm³/mol. The van der Waals surface area contributed by atoms with Crippen molar-refractivity contribution in [3.8, 4) is 0 Å². The molecule has 6 nitrogen and oxygen atoms in total. The van der Waals surface area contributed by atoms with Gasteiger partial charge in [-0.05, 0) is 38.1 Å². The van der Waals surface area contributed by atoms with Crippen LogP contribution < -0.4 is 10.2 Å². The summed E-state index contributed by atoms with van der Waals surface area (Å²) in [7, 11) is 0. The van der Waals surface area contributed by atoms with Gasteiger partial charge < -0.3 is 15.1 Å². The molecule has 0 spiro atoms. The predicted octanol–water partition coefficient (Wildman–Crippen LogP) is 2.80. The maximum Gasteiger partial charge on any atom is 0.417 e. The van der Waals surface area contributed by atoms with Gasteiger partial charge in [0.15, 0.2) is 0 Å². The number of amides is 2. The van der Waals surface area contributed by atoms with Crippen LogP contribution in [0.25, 0.3) is 0 Å². The fourth-order valence-corrected chi connectivity index (χ4v) is 3.40. The van der Waals surface area contributed by atoms with E-state index in [1.165, 1.54) is 6.07 Å². The van der Waals surface area contributed by atoms with Gasteiger partial charge in [0.1, 0.15) is 5.82 Å². The van der Waals surface area contributed by atoms with Crippen LogP contribution in [-0.2, 0) is 11.0 Å². The van der Waals surface area contributed by atoms with Gasteiger partial charge in [-0.25, -0.2) is 4.98 Å². The Hall–Kier alpha value is -3.10. The molecule has 2 amide bonds. The Morgan fingerprint density at radius 2 is 1.67 bits per heavy atom. The number of hydrogen-bond donors (Lipinski definition) is 1. The number of alkyl halides is 3. The summed E-state index contributed by atoms with van der Waals surface area (Å²) in [6, 6.07) is 7.84. The molecule has 0 aliphatic carbocycles. The van der Waals surface area contributed by atoms with Crippen LogP contribution in [0.3, 0.4) is 0 Å². The summed E-state index contributed by atoms with van der Waals surface area (Å²) in [6.45, 7) is 5.41. The van der Waals surface area contributed by atoms with Crippen LogP contribution in [0.1, 0.15) is 27.0 Å². The third-order valence-electron chi connectivity index (χ3n) is 4.92. The third-order valence-corrected chi connectivity index (χ3v) is 4.92. The number of nitrogens with zero attached hydrogens (tertiary/aromatic N) is 3. The van der Waals surface area contributed by atoms with Gasteiger partial charge in [0.05, 0.1) is 12.1 Å². The number of halogens is 3. The van der Waals surface area contributed by atoms with E-state index >= 15 is 0 Å². The zero-order valence-electron chi connectivity index (χ0n) is 16.8. The summed E-state index contributed by atoms with van der Waals surface area (Å²) >= 11 is 0. The maximum atomic E-state index is 12.7. The quantitative estimate of drug-likeness (QED) is 0.826. The summed E-state index contributed by atoms with van der Waals surface area (Å²) < 4.78 is 38.0. The van der Waals surface area contributed by atoms with Gasteiger partial charge in [0, 0.05) is 37.9 Å². The second-order valence-electron chi connectivity index (χ2n) is 7.33. The molecule has 9 heteroatoms. The molecule has 1 aromatic heterocycles. The van der Waals surface area contributed by atoms with E-state index < -0.39 is 11.7 Å². The highest BCUT2D eigenvalue weighted by Gasteiger charge is 2.31. The normalized spacial score (nSPS) is 14.6. The van der Waals surface area contributed by atoms with Crippen molar-refractivity contribution < 1.29 is 22.8 Å². The standard InChI is InChI=1S/C21H23F3N4O2/c1-14-9-15(2)11-16(10-14)20(30)26-13-19(29)28-7-5-27(6-8-28)18-4-3-17(12-25-18)21(22,23)24/h3-4,9-12H,5-8,13H2,1-2H3,(H,26,30). The largest absolute Gasteiger partial charge is 0.417 e. The first-order valence-corrected chi connectivity index (χ1v) is 9.56. The van der Waals surface area contributed by atoms with Crippen LogP contribution in [0.5, 0.6) is 0 Å². The number of nitrogens with one attached hydrogen (secondary N) is 1. The van der Waals surface area contributed by atoms with Crippen LogP contribution >= 0.6 is 0 Å². The molecule has 1 N–H and O–H groups in total. The third kappa shape index (κ3) is 5.28. The van der Waals surface area contributed by atoms with E-state index in [2.05, 4.69) is 10.3 Å².